The molecule has 0 saturated carbocycles. The van der Waals surface area contributed by atoms with Gasteiger partial charge in [0.2, 0.25) is 10.1 Å². The molecule has 0 aliphatic carbocycles. The monoisotopic (exact) mass is 298 g/mol. The molecule has 19 heavy (non-hydrogen) atoms. The predicted octanol–water partition coefficient (Wildman–Crippen LogP) is 2.86. The largest absolute Gasteiger partial charge is 0.624 e. The Kier molecular flexibility index (Phi) is 5.87. The lowest BCUT2D eigenvalue weighted by molar-refractivity contribution is 0.509. The van der Waals surface area contributed by atoms with Crippen LogP contribution in [0.25, 0.3) is 0 Å². The lowest BCUT2D eigenvalue weighted by Crippen LogP contribution is -2.18. The van der Waals surface area contributed by atoms with E-state index in [0.717, 1.165) is 11.9 Å². The van der Waals surface area contributed by atoms with Gasteiger partial charge >= 0.3 is 15.8 Å². The molecule has 0 fully saturated rings. The standard InChI is InChI=1S/C12H18N.CH4O3S.Al/c1-8(2)10-6-5-7-11(9(3)4)12(10)13;1-5(2,3)4;/h5-9,13H,1-4H3;1H3,(H,2,3,4);/q-1;;+2/p-1. The van der Waals surface area contributed by atoms with E-state index in [9.17, 15) is 8.42 Å². The zero-order chi connectivity index (χ0) is 14.6. The van der Waals surface area contributed by atoms with Gasteiger partial charge in [0.25, 0.3) is 0 Å². The molecule has 0 aromatic heterocycles. The molecule has 0 amide bonds. The Balaban J connectivity index is 3.01. The highest BCUT2D eigenvalue weighted by molar-refractivity contribution is 7.86. The summed E-state index contributed by atoms with van der Waals surface area (Å²) in [6.07, 6.45) is 1.07. The van der Waals surface area contributed by atoms with Crippen molar-refractivity contribution in [2.45, 2.75) is 39.5 Å². The number of nitrogens with one attached hydrogen (secondary N) is 1. The fraction of sp³-hybridized carbons (Fsp3) is 0.538. The normalized spacial score (nSPS) is 11.9. The first kappa shape index (κ1) is 16.5. The Labute approximate surface area is 122 Å². The highest BCUT2D eigenvalue weighted by atomic mass is 32.2. The molecule has 1 rings (SSSR count). The number of hydrogen-bond acceptors (Lipinski definition) is 4. The average Bonchev–Trinajstić information content (AvgIpc) is 2.26. The second-order valence-corrected chi connectivity index (χ2v) is 7.89. The van der Waals surface area contributed by atoms with Gasteiger partial charge in [-0.15, -0.1) is 0 Å². The van der Waals surface area contributed by atoms with Crippen LogP contribution in [-0.4, -0.2) is 30.4 Å². The summed E-state index contributed by atoms with van der Waals surface area (Å²) in [5, 5.41) is 0. The molecule has 6 heteroatoms. The molecule has 1 aromatic carbocycles. The molecule has 0 saturated heterocycles. The predicted molar refractivity (Wildman–Crippen MR) is 79.9 cm³/mol. The minimum atomic E-state index is -3.39. The lowest BCUT2D eigenvalue weighted by Gasteiger charge is -2.20. The number of benzene rings is 1. The van der Waals surface area contributed by atoms with Crippen molar-refractivity contribution < 1.29 is 11.7 Å². The molecule has 1 N–H and O–H groups in total. The van der Waals surface area contributed by atoms with Crippen molar-refractivity contribution in [2.75, 3.05) is 10.6 Å². The molecule has 0 spiro atoms. The van der Waals surface area contributed by atoms with E-state index >= 15 is 0 Å². The molecule has 0 heterocycles. The van der Waals surface area contributed by atoms with Crippen LogP contribution in [0, 0.1) is 0 Å². The first-order chi connectivity index (χ1) is 8.72. The second-order valence-electron chi connectivity index (χ2n) is 5.18. The zero-order valence-corrected chi connectivity index (χ0v) is 14.1. The summed E-state index contributed by atoms with van der Waals surface area (Å²) in [5.41, 5.74) is 3.40. The maximum Gasteiger partial charge on any atom is 0.624 e. The Hall–Kier alpha value is -0.538. The summed E-state index contributed by atoms with van der Waals surface area (Å²) in [6, 6.07) is 6.18. The van der Waals surface area contributed by atoms with E-state index in [0.29, 0.717) is 11.8 Å². The van der Waals surface area contributed by atoms with Crippen LogP contribution in [0.2, 0.25) is 0 Å². The van der Waals surface area contributed by atoms with E-state index in [2.05, 4.69) is 44.1 Å². The van der Waals surface area contributed by atoms with Crippen molar-refractivity contribution in [1.82, 2.24) is 0 Å². The van der Waals surface area contributed by atoms with Gasteiger partial charge in [0.1, 0.15) is 0 Å². The summed E-state index contributed by atoms with van der Waals surface area (Å²) >= 11 is -0.817. The van der Waals surface area contributed by atoms with Crippen LogP contribution < -0.4 is 4.30 Å². The van der Waals surface area contributed by atoms with Gasteiger partial charge < -0.3 is 7.54 Å². The Morgan fingerprint density at radius 2 is 1.58 bits per heavy atom. The van der Waals surface area contributed by atoms with Crippen molar-refractivity contribution >= 4 is 31.6 Å². The Bertz CT molecular complexity index is 500. The van der Waals surface area contributed by atoms with E-state index in [-0.39, 0.29) is 0 Å². The van der Waals surface area contributed by atoms with E-state index < -0.39 is 25.9 Å². The van der Waals surface area contributed by atoms with Crippen molar-refractivity contribution in [1.29, 1.82) is 0 Å². The van der Waals surface area contributed by atoms with Crippen LogP contribution in [0.5, 0.6) is 0 Å². The average molecular weight is 298 g/mol. The van der Waals surface area contributed by atoms with Crippen molar-refractivity contribution in [3.63, 3.8) is 0 Å². The third-order valence-electron chi connectivity index (χ3n) is 2.80. The van der Waals surface area contributed by atoms with Crippen LogP contribution in [0.15, 0.2) is 18.2 Å². The summed E-state index contributed by atoms with van der Waals surface area (Å²) in [5.74, 6) is 0.748. The van der Waals surface area contributed by atoms with Gasteiger partial charge in [-0.25, -0.2) is 8.42 Å². The van der Waals surface area contributed by atoms with Crippen molar-refractivity contribution in [3.05, 3.63) is 29.3 Å². The minimum Gasteiger partial charge on any atom is -0.458 e. The fourth-order valence-electron chi connectivity index (χ4n) is 1.89. The van der Waals surface area contributed by atoms with E-state index in [1.807, 2.05) is 6.07 Å². The highest BCUT2D eigenvalue weighted by Crippen LogP contribution is 2.31. The van der Waals surface area contributed by atoms with Gasteiger partial charge in [-0.1, -0.05) is 45.9 Å². The van der Waals surface area contributed by atoms with Crippen molar-refractivity contribution in [2.24, 2.45) is 0 Å². The van der Waals surface area contributed by atoms with Gasteiger partial charge in [0.15, 0.2) is 0 Å². The van der Waals surface area contributed by atoms with Gasteiger partial charge in [-0.2, -0.15) is 0 Å². The third-order valence-corrected chi connectivity index (χ3v) is 4.99. The topological polar surface area (TPSA) is 55.4 Å². The number of hydrogen-bond donors (Lipinski definition) is 1. The quantitative estimate of drug-likeness (QED) is 0.821. The molecular formula is C13H21AlNO3S. The SMILES string of the molecule is CC(C)c1cccc(C(C)C)c1[NH][Al][O]S(C)(=O)=O. The summed E-state index contributed by atoms with van der Waals surface area (Å²) < 4.78 is 30.1. The van der Waals surface area contributed by atoms with Crippen molar-refractivity contribution in [3.8, 4) is 0 Å². The van der Waals surface area contributed by atoms with Crippen LogP contribution in [-0.2, 0) is 13.4 Å². The molecular weight excluding hydrogens is 277 g/mol. The molecule has 1 aromatic rings. The lowest BCUT2D eigenvalue weighted by atomic mass is 9.93. The summed E-state index contributed by atoms with van der Waals surface area (Å²) in [4.78, 5) is 0. The maximum absolute atomic E-state index is 11.0. The van der Waals surface area contributed by atoms with E-state index in [1.165, 1.54) is 11.1 Å². The smallest absolute Gasteiger partial charge is 0.458 e. The molecule has 0 unspecified atom stereocenters. The number of rotatable bonds is 6. The summed E-state index contributed by atoms with van der Waals surface area (Å²) in [6.45, 7) is 8.49. The van der Waals surface area contributed by atoms with Gasteiger partial charge in [-0.3, -0.25) is 0 Å². The third kappa shape index (κ3) is 5.15. The maximum atomic E-state index is 11.0. The van der Waals surface area contributed by atoms with Crippen LogP contribution >= 0.6 is 0 Å². The molecule has 0 aliphatic rings. The van der Waals surface area contributed by atoms with Crippen LogP contribution in [0.4, 0.5) is 5.69 Å². The van der Waals surface area contributed by atoms with E-state index in [4.69, 9.17) is 3.23 Å². The van der Waals surface area contributed by atoms with Crippen LogP contribution in [0.3, 0.4) is 0 Å². The molecule has 0 aliphatic heterocycles. The van der Waals surface area contributed by atoms with Gasteiger partial charge in [0.05, 0.1) is 6.26 Å². The molecule has 4 nitrogen and oxygen atoms in total. The first-order valence-electron chi connectivity index (χ1n) is 6.31. The zero-order valence-electron chi connectivity index (χ0n) is 12.1. The van der Waals surface area contributed by atoms with E-state index in [1.54, 1.807) is 0 Å². The molecule has 105 valence electrons. The Morgan fingerprint density at radius 3 is 1.95 bits per heavy atom. The fourth-order valence-corrected chi connectivity index (χ4v) is 3.23. The van der Waals surface area contributed by atoms with Crippen LogP contribution in [0.1, 0.15) is 50.7 Å². The highest BCUT2D eigenvalue weighted by Gasteiger charge is 2.15. The number of para-hydroxylation sites is 1. The second kappa shape index (κ2) is 6.76. The molecule has 1 radical (unpaired) electrons. The molecule has 0 atom stereocenters. The summed E-state index contributed by atoms with van der Waals surface area (Å²) in [7, 11) is -3.39. The van der Waals surface area contributed by atoms with Gasteiger partial charge in [-0.05, 0) is 23.0 Å². The van der Waals surface area contributed by atoms with Gasteiger partial charge in [0, 0.05) is 5.69 Å². The number of anilines is 1. The first-order valence-corrected chi connectivity index (χ1v) is 9.18. The Morgan fingerprint density at radius 1 is 1.11 bits per heavy atom. The minimum absolute atomic E-state index is 0.374. The molecule has 0 bridgehead atoms.